The van der Waals surface area contributed by atoms with Crippen LogP contribution >= 0.6 is 0 Å². The van der Waals surface area contributed by atoms with Gasteiger partial charge in [-0.1, -0.05) is 12.1 Å². The van der Waals surface area contributed by atoms with E-state index in [1.165, 1.54) is 6.33 Å². The third-order valence-corrected chi connectivity index (χ3v) is 5.18. The Morgan fingerprint density at radius 1 is 0.879 bits per heavy atom. The smallest absolute Gasteiger partial charge is 0.228 e. The highest BCUT2D eigenvalue weighted by Crippen LogP contribution is 2.32. The zero-order chi connectivity index (χ0) is 22.2. The number of ether oxygens (including phenoxy) is 1. The van der Waals surface area contributed by atoms with E-state index in [-0.39, 0.29) is 5.78 Å². The maximum atomic E-state index is 12.9. The fourth-order valence-electron chi connectivity index (χ4n) is 3.60. The van der Waals surface area contributed by atoms with Crippen LogP contribution in [-0.2, 0) is 0 Å². The van der Waals surface area contributed by atoms with E-state index in [1.807, 2.05) is 36.4 Å². The van der Waals surface area contributed by atoms with Crippen LogP contribution < -0.4 is 4.74 Å². The van der Waals surface area contributed by atoms with Gasteiger partial charge >= 0.3 is 0 Å². The number of para-hydroxylation sites is 2. The molecule has 0 fully saturated rings. The van der Waals surface area contributed by atoms with Gasteiger partial charge in [0.2, 0.25) is 11.7 Å². The number of hydrogen-bond donors (Lipinski definition) is 2. The van der Waals surface area contributed by atoms with Gasteiger partial charge in [-0.15, -0.1) is 0 Å². The van der Waals surface area contributed by atoms with Crippen molar-refractivity contribution in [3.63, 3.8) is 0 Å². The Bertz CT molecular complexity index is 1590. The topological polar surface area (TPSA) is 122 Å². The van der Waals surface area contributed by atoms with Gasteiger partial charge in [0.25, 0.3) is 0 Å². The first-order valence-corrected chi connectivity index (χ1v) is 10.1. The molecule has 0 aliphatic rings. The molecule has 9 heteroatoms. The van der Waals surface area contributed by atoms with E-state index < -0.39 is 0 Å². The van der Waals surface area contributed by atoms with Crippen molar-refractivity contribution in [2.45, 2.75) is 0 Å². The summed E-state index contributed by atoms with van der Waals surface area (Å²) in [7, 11) is 0. The Kier molecular flexibility index (Phi) is 4.36. The second kappa shape index (κ2) is 7.65. The second-order valence-electron chi connectivity index (χ2n) is 7.24. The van der Waals surface area contributed by atoms with Crippen molar-refractivity contribution < 1.29 is 9.53 Å². The van der Waals surface area contributed by atoms with Crippen LogP contribution in [0.5, 0.6) is 11.6 Å². The van der Waals surface area contributed by atoms with Crippen LogP contribution in [0.25, 0.3) is 33.5 Å². The van der Waals surface area contributed by atoms with Crippen LogP contribution in [0.1, 0.15) is 16.2 Å². The summed E-state index contributed by atoms with van der Waals surface area (Å²) in [5.41, 5.74) is 4.65. The highest BCUT2D eigenvalue weighted by Gasteiger charge is 2.16. The first-order chi connectivity index (χ1) is 16.3. The summed E-state index contributed by atoms with van der Waals surface area (Å²) in [4.78, 5) is 40.4. The molecule has 4 aromatic heterocycles. The molecule has 158 valence electrons. The lowest BCUT2D eigenvalue weighted by Gasteiger charge is -2.10. The Labute approximate surface area is 186 Å². The van der Waals surface area contributed by atoms with E-state index in [0.29, 0.717) is 45.4 Å². The Morgan fingerprint density at radius 2 is 1.76 bits per heavy atom. The van der Waals surface area contributed by atoms with Gasteiger partial charge in [0.1, 0.15) is 23.3 Å². The predicted molar refractivity (Wildman–Crippen MR) is 121 cm³/mol. The number of nitrogens with one attached hydrogen (secondary N) is 2. The van der Waals surface area contributed by atoms with Crippen molar-refractivity contribution in [2.24, 2.45) is 0 Å². The van der Waals surface area contributed by atoms with Crippen LogP contribution in [-0.4, -0.2) is 40.7 Å². The lowest BCUT2D eigenvalue weighted by molar-refractivity contribution is 0.103. The van der Waals surface area contributed by atoms with Gasteiger partial charge in [0.05, 0.1) is 22.9 Å². The van der Waals surface area contributed by atoms with Crippen LogP contribution in [0, 0.1) is 0 Å². The summed E-state index contributed by atoms with van der Waals surface area (Å²) < 4.78 is 6.04. The van der Waals surface area contributed by atoms with Crippen molar-refractivity contribution in [3.8, 4) is 22.9 Å². The number of fused-ring (bicyclic) bond motifs is 2. The SMILES string of the molecule is O=C(c1ccc(Oc2ncccc2-c2ncnc3nc[nH]c23)cc1)c1nc2ccccc2[nH]1. The van der Waals surface area contributed by atoms with Gasteiger partial charge in [-0.3, -0.25) is 4.79 Å². The fraction of sp³-hybridized carbons (Fsp3) is 0. The molecule has 6 aromatic rings. The molecule has 0 saturated heterocycles. The number of imidazole rings is 2. The number of nitrogens with zero attached hydrogens (tertiary/aromatic N) is 5. The van der Waals surface area contributed by atoms with E-state index in [9.17, 15) is 4.79 Å². The number of benzene rings is 2. The molecular formula is C24H15N7O2. The summed E-state index contributed by atoms with van der Waals surface area (Å²) in [5.74, 6) is 1.01. The molecule has 4 heterocycles. The number of pyridine rings is 1. The monoisotopic (exact) mass is 433 g/mol. The summed E-state index contributed by atoms with van der Waals surface area (Å²) in [6.07, 6.45) is 4.66. The van der Waals surface area contributed by atoms with E-state index in [0.717, 1.165) is 11.0 Å². The number of hydrogen-bond acceptors (Lipinski definition) is 7. The summed E-state index contributed by atoms with van der Waals surface area (Å²) in [6.45, 7) is 0. The molecule has 2 N–H and O–H groups in total. The number of carbonyl (C=O) groups is 1. The van der Waals surface area contributed by atoms with Gasteiger partial charge < -0.3 is 14.7 Å². The van der Waals surface area contributed by atoms with Crippen molar-refractivity contribution in [3.05, 3.63) is 90.9 Å². The van der Waals surface area contributed by atoms with Gasteiger partial charge in [-0.2, -0.15) is 0 Å². The minimum Gasteiger partial charge on any atom is -0.438 e. The molecule has 0 bridgehead atoms. The Morgan fingerprint density at radius 3 is 2.64 bits per heavy atom. The maximum absolute atomic E-state index is 12.9. The van der Waals surface area contributed by atoms with E-state index in [2.05, 4.69) is 34.9 Å². The number of carbonyl (C=O) groups excluding carboxylic acids is 1. The molecule has 0 radical (unpaired) electrons. The molecule has 6 rings (SSSR count). The number of aromatic amines is 2. The Hall–Kier alpha value is -4.92. The van der Waals surface area contributed by atoms with Crippen molar-refractivity contribution in [1.82, 2.24) is 34.9 Å². The third kappa shape index (κ3) is 3.37. The van der Waals surface area contributed by atoms with Crippen LogP contribution in [0.15, 0.2) is 79.5 Å². The van der Waals surface area contributed by atoms with Gasteiger partial charge in [0, 0.05) is 11.8 Å². The van der Waals surface area contributed by atoms with E-state index >= 15 is 0 Å². The van der Waals surface area contributed by atoms with Gasteiger partial charge in [-0.05, 0) is 48.5 Å². The first kappa shape index (κ1) is 18.8. The standard InChI is InChI=1S/C24H15N7O2/c32-21(23-30-17-5-1-2-6-18(17)31-23)14-7-9-15(10-8-14)33-24-16(4-3-11-25-24)19-20-22(28-12-26-19)29-13-27-20/h1-13H,(H,30,31)(H,26,27,28,29). The highest BCUT2D eigenvalue weighted by molar-refractivity contribution is 6.08. The molecule has 0 unspecified atom stereocenters. The molecular weight excluding hydrogens is 418 g/mol. The number of rotatable bonds is 5. The van der Waals surface area contributed by atoms with Crippen molar-refractivity contribution in [1.29, 1.82) is 0 Å². The van der Waals surface area contributed by atoms with Crippen LogP contribution in [0.3, 0.4) is 0 Å². The summed E-state index contributed by atoms with van der Waals surface area (Å²) >= 11 is 0. The first-order valence-electron chi connectivity index (χ1n) is 10.1. The largest absolute Gasteiger partial charge is 0.438 e. The molecule has 0 aliphatic heterocycles. The average Bonchev–Trinajstić information content (AvgIpc) is 3.51. The average molecular weight is 433 g/mol. The zero-order valence-corrected chi connectivity index (χ0v) is 17.1. The zero-order valence-electron chi connectivity index (χ0n) is 17.1. The number of H-pyrrole nitrogens is 2. The Balaban J connectivity index is 1.29. The molecule has 9 nitrogen and oxygen atoms in total. The fourth-order valence-corrected chi connectivity index (χ4v) is 3.60. The predicted octanol–water partition coefficient (Wildman–Crippen LogP) is 4.31. The van der Waals surface area contributed by atoms with Gasteiger partial charge in [0.15, 0.2) is 11.5 Å². The minimum atomic E-state index is -0.195. The number of ketones is 1. The third-order valence-electron chi connectivity index (χ3n) is 5.18. The van der Waals surface area contributed by atoms with E-state index in [4.69, 9.17) is 4.74 Å². The lowest BCUT2D eigenvalue weighted by atomic mass is 10.1. The molecule has 0 amide bonds. The highest BCUT2D eigenvalue weighted by atomic mass is 16.5. The van der Waals surface area contributed by atoms with Crippen molar-refractivity contribution >= 4 is 28.0 Å². The lowest BCUT2D eigenvalue weighted by Crippen LogP contribution is -2.03. The number of aromatic nitrogens is 7. The molecule has 33 heavy (non-hydrogen) atoms. The quantitative estimate of drug-likeness (QED) is 0.388. The van der Waals surface area contributed by atoms with Gasteiger partial charge in [-0.25, -0.2) is 24.9 Å². The summed E-state index contributed by atoms with van der Waals surface area (Å²) in [6, 6.07) is 18.0. The summed E-state index contributed by atoms with van der Waals surface area (Å²) in [5, 5.41) is 0. The molecule has 0 atom stereocenters. The molecule has 0 saturated carbocycles. The van der Waals surface area contributed by atoms with Crippen molar-refractivity contribution in [2.75, 3.05) is 0 Å². The normalized spacial score (nSPS) is 11.2. The minimum absolute atomic E-state index is 0.195. The molecule has 0 aliphatic carbocycles. The van der Waals surface area contributed by atoms with E-state index in [1.54, 1.807) is 36.8 Å². The molecule has 2 aromatic carbocycles. The van der Waals surface area contributed by atoms with Crippen LogP contribution in [0.2, 0.25) is 0 Å². The van der Waals surface area contributed by atoms with Crippen LogP contribution in [0.4, 0.5) is 0 Å². The second-order valence-corrected chi connectivity index (χ2v) is 7.24. The molecule has 0 spiro atoms. The maximum Gasteiger partial charge on any atom is 0.228 e.